The highest BCUT2D eigenvalue weighted by Crippen LogP contribution is 2.16. The van der Waals surface area contributed by atoms with Gasteiger partial charge in [-0.25, -0.2) is 0 Å². The van der Waals surface area contributed by atoms with E-state index in [-0.39, 0.29) is 0 Å². The van der Waals surface area contributed by atoms with Crippen molar-refractivity contribution in [2.45, 2.75) is 26.7 Å². The van der Waals surface area contributed by atoms with Crippen LogP contribution in [0.25, 0.3) is 0 Å². The number of nitrogen functional groups attached to an aromatic ring is 1. The van der Waals surface area contributed by atoms with E-state index in [1.54, 1.807) is 0 Å². The molecule has 2 nitrogen and oxygen atoms in total. The topological polar surface area (TPSA) is 43.1 Å². The van der Waals surface area contributed by atoms with E-state index in [2.05, 4.69) is 19.9 Å². The van der Waals surface area contributed by atoms with Crippen LogP contribution < -0.4 is 5.73 Å². The molecule has 0 spiro atoms. The summed E-state index contributed by atoms with van der Waals surface area (Å²) < 4.78 is 0. The molecule has 1 aromatic carbocycles. The first-order valence-corrected chi connectivity index (χ1v) is 4.94. The molecule has 0 heterocycles. The minimum Gasteiger partial charge on any atom is -0.398 e. The summed E-state index contributed by atoms with van der Waals surface area (Å²) in [6, 6.07) is 5.97. The molecule has 0 aliphatic carbocycles. The third kappa shape index (κ3) is 2.87. The molecule has 0 radical (unpaired) electrons. The Morgan fingerprint density at radius 2 is 2.14 bits per heavy atom. The van der Waals surface area contributed by atoms with Crippen molar-refractivity contribution in [3.63, 3.8) is 0 Å². The predicted molar refractivity (Wildman–Crippen MR) is 59.2 cm³/mol. The van der Waals surface area contributed by atoms with Crippen molar-refractivity contribution in [3.05, 3.63) is 29.3 Å². The lowest BCUT2D eigenvalue weighted by molar-refractivity contribution is -0.107. The zero-order valence-electron chi connectivity index (χ0n) is 8.79. The van der Waals surface area contributed by atoms with E-state index in [0.717, 1.165) is 24.0 Å². The van der Waals surface area contributed by atoms with Crippen LogP contribution in [0.15, 0.2) is 18.2 Å². The van der Waals surface area contributed by atoms with Crippen LogP contribution in [0.1, 0.15) is 25.0 Å². The number of anilines is 1. The van der Waals surface area contributed by atoms with Gasteiger partial charge in [-0.2, -0.15) is 0 Å². The Balaban J connectivity index is 2.83. The SMILES string of the molecule is CC(C)Cc1ccc(CC=O)c(N)c1. The van der Waals surface area contributed by atoms with Crippen molar-refractivity contribution < 1.29 is 4.79 Å². The van der Waals surface area contributed by atoms with E-state index in [1.165, 1.54) is 5.56 Å². The van der Waals surface area contributed by atoms with E-state index < -0.39 is 0 Å². The van der Waals surface area contributed by atoms with E-state index in [0.29, 0.717) is 12.3 Å². The largest absolute Gasteiger partial charge is 0.398 e. The van der Waals surface area contributed by atoms with Crippen molar-refractivity contribution >= 4 is 12.0 Å². The Bertz CT molecular complexity index is 318. The van der Waals surface area contributed by atoms with Gasteiger partial charge < -0.3 is 10.5 Å². The molecule has 0 unspecified atom stereocenters. The fourth-order valence-corrected chi connectivity index (χ4v) is 1.52. The van der Waals surface area contributed by atoms with E-state index in [1.807, 2.05) is 12.1 Å². The second kappa shape index (κ2) is 4.80. The van der Waals surface area contributed by atoms with E-state index in [9.17, 15) is 4.79 Å². The Hall–Kier alpha value is -1.31. The maximum Gasteiger partial charge on any atom is 0.124 e. The summed E-state index contributed by atoms with van der Waals surface area (Å²) in [5.74, 6) is 0.631. The Kier molecular flexibility index (Phi) is 3.69. The summed E-state index contributed by atoms with van der Waals surface area (Å²) in [5.41, 5.74) is 8.72. The van der Waals surface area contributed by atoms with Gasteiger partial charge in [0, 0.05) is 12.1 Å². The van der Waals surface area contributed by atoms with Gasteiger partial charge in [-0.3, -0.25) is 0 Å². The van der Waals surface area contributed by atoms with Crippen LogP contribution >= 0.6 is 0 Å². The molecule has 0 fully saturated rings. The van der Waals surface area contributed by atoms with Crippen LogP contribution in [0.3, 0.4) is 0 Å². The number of nitrogens with two attached hydrogens (primary N) is 1. The molecule has 0 saturated carbocycles. The van der Waals surface area contributed by atoms with Gasteiger partial charge in [0.25, 0.3) is 0 Å². The molecule has 1 aromatic rings. The summed E-state index contributed by atoms with van der Waals surface area (Å²) in [6.45, 7) is 4.35. The predicted octanol–water partition coefficient (Wildman–Crippen LogP) is 2.21. The fraction of sp³-hybridized carbons (Fsp3) is 0.417. The zero-order chi connectivity index (χ0) is 10.6. The van der Waals surface area contributed by atoms with Crippen LogP contribution in [-0.4, -0.2) is 6.29 Å². The Morgan fingerprint density at radius 3 is 2.64 bits per heavy atom. The number of carbonyl (C=O) groups excluding carboxylic acids is 1. The van der Waals surface area contributed by atoms with Gasteiger partial charge in [-0.15, -0.1) is 0 Å². The van der Waals surface area contributed by atoms with E-state index in [4.69, 9.17) is 5.73 Å². The molecule has 14 heavy (non-hydrogen) atoms. The molecule has 1 rings (SSSR count). The number of aldehydes is 1. The molecule has 2 heteroatoms. The molecule has 76 valence electrons. The van der Waals surface area contributed by atoms with Crippen molar-refractivity contribution in [2.75, 3.05) is 5.73 Å². The third-order valence-corrected chi connectivity index (χ3v) is 2.16. The van der Waals surface area contributed by atoms with Crippen molar-refractivity contribution in [2.24, 2.45) is 5.92 Å². The highest BCUT2D eigenvalue weighted by molar-refractivity contribution is 5.61. The number of hydrogen-bond acceptors (Lipinski definition) is 2. The molecule has 0 amide bonds. The van der Waals surface area contributed by atoms with Crippen LogP contribution in [0, 0.1) is 5.92 Å². The van der Waals surface area contributed by atoms with Gasteiger partial charge in [-0.1, -0.05) is 26.0 Å². The lowest BCUT2D eigenvalue weighted by Gasteiger charge is -2.08. The molecule has 0 aromatic heterocycles. The lowest BCUT2D eigenvalue weighted by atomic mass is 10.00. The summed E-state index contributed by atoms with van der Waals surface area (Å²) in [7, 11) is 0. The molecule has 0 aliphatic heterocycles. The highest BCUT2D eigenvalue weighted by atomic mass is 16.1. The normalized spacial score (nSPS) is 10.5. The number of benzene rings is 1. The van der Waals surface area contributed by atoms with Crippen molar-refractivity contribution in [1.29, 1.82) is 0 Å². The molecular formula is C12H17NO. The summed E-state index contributed by atoms with van der Waals surface area (Å²) in [4.78, 5) is 10.3. The summed E-state index contributed by atoms with van der Waals surface area (Å²) in [5, 5.41) is 0. The fourth-order valence-electron chi connectivity index (χ4n) is 1.52. The third-order valence-electron chi connectivity index (χ3n) is 2.16. The first-order valence-electron chi connectivity index (χ1n) is 4.94. The molecular weight excluding hydrogens is 174 g/mol. The van der Waals surface area contributed by atoms with Crippen LogP contribution in [0.2, 0.25) is 0 Å². The molecule has 2 N–H and O–H groups in total. The maximum atomic E-state index is 10.3. The monoisotopic (exact) mass is 191 g/mol. The second-order valence-electron chi connectivity index (χ2n) is 4.00. The van der Waals surface area contributed by atoms with Crippen molar-refractivity contribution in [3.8, 4) is 0 Å². The van der Waals surface area contributed by atoms with Gasteiger partial charge in [0.1, 0.15) is 6.29 Å². The lowest BCUT2D eigenvalue weighted by Crippen LogP contribution is -1.99. The van der Waals surface area contributed by atoms with Gasteiger partial charge >= 0.3 is 0 Å². The minimum atomic E-state index is 0.411. The highest BCUT2D eigenvalue weighted by Gasteiger charge is 2.02. The summed E-state index contributed by atoms with van der Waals surface area (Å²) >= 11 is 0. The summed E-state index contributed by atoms with van der Waals surface area (Å²) in [6.07, 6.45) is 2.33. The maximum absolute atomic E-state index is 10.3. The number of hydrogen-bond donors (Lipinski definition) is 1. The minimum absolute atomic E-state index is 0.411. The Morgan fingerprint density at radius 1 is 1.43 bits per heavy atom. The first kappa shape index (κ1) is 10.8. The van der Waals surface area contributed by atoms with Gasteiger partial charge in [0.05, 0.1) is 0 Å². The average molecular weight is 191 g/mol. The average Bonchev–Trinajstić information content (AvgIpc) is 2.09. The Labute approximate surface area is 85.1 Å². The molecule has 0 aliphatic rings. The molecule has 0 bridgehead atoms. The van der Waals surface area contributed by atoms with Gasteiger partial charge in [0.15, 0.2) is 0 Å². The molecule has 0 saturated heterocycles. The smallest absolute Gasteiger partial charge is 0.124 e. The van der Waals surface area contributed by atoms with Crippen molar-refractivity contribution in [1.82, 2.24) is 0 Å². The van der Waals surface area contributed by atoms with E-state index >= 15 is 0 Å². The van der Waals surface area contributed by atoms with Crippen LogP contribution in [0.4, 0.5) is 5.69 Å². The first-order chi connectivity index (χ1) is 6.63. The quantitative estimate of drug-likeness (QED) is 0.585. The second-order valence-corrected chi connectivity index (χ2v) is 4.00. The van der Waals surface area contributed by atoms with Crippen LogP contribution in [-0.2, 0) is 17.6 Å². The van der Waals surface area contributed by atoms with Crippen LogP contribution in [0.5, 0.6) is 0 Å². The standard InChI is InChI=1S/C12H17NO/c1-9(2)7-10-3-4-11(5-6-14)12(13)8-10/h3-4,6,8-9H,5,7,13H2,1-2H3. The number of carbonyl (C=O) groups is 1. The number of rotatable bonds is 4. The molecule has 0 atom stereocenters. The van der Waals surface area contributed by atoms with Gasteiger partial charge in [-0.05, 0) is 29.5 Å². The van der Waals surface area contributed by atoms with Gasteiger partial charge in [0.2, 0.25) is 0 Å². The zero-order valence-corrected chi connectivity index (χ0v) is 8.79.